The maximum Gasteiger partial charge on any atom is 0.417 e. The standard InChI is InChI=1S/C23H26F3N5O4/c1-15(21(32)29-22(33)28-17-4-5-18-19(13-17)35-12-11-34-18)30-7-2-8-31(10-9-30)20-6-3-16(14-27-20)23(24,25)26/h3-6,13-15H,2,7-12H2,1H3,(H2,28,29,32,33). The van der Waals surface area contributed by atoms with Crippen LogP contribution < -0.4 is 25.0 Å². The molecule has 0 aliphatic carbocycles. The Bertz CT molecular complexity index is 1060. The summed E-state index contributed by atoms with van der Waals surface area (Å²) in [6.07, 6.45) is -2.92. The number of anilines is 2. The van der Waals surface area contributed by atoms with Crippen molar-refractivity contribution in [1.29, 1.82) is 0 Å². The molecule has 9 nitrogen and oxygen atoms in total. The van der Waals surface area contributed by atoms with Crippen LogP contribution in [0.4, 0.5) is 29.5 Å². The van der Waals surface area contributed by atoms with Crippen molar-refractivity contribution in [1.82, 2.24) is 15.2 Å². The third-order valence-electron chi connectivity index (χ3n) is 5.89. The molecule has 3 amide bonds. The number of aromatic nitrogens is 1. The van der Waals surface area contributed by atoms with E-state index in [9.17, 15) is 22.8 Å². The van der Waals surface area contributed by atoms with Gasteiger partial charge in [-0.25, -0.2) is 9.78 Å². The maximum absolute atomic E-state index is 12.8. The van der Waals surface area contributed by atoms with Gasteiger partial charge in [0.2, 0.25) is 5.91 Å². The molecule has 4 rings (SSSR count). The molecule has 1 saturated heterocycles. The number of halogens is 3. The Kier molecular flexibility index (Phi) is 7.29. The Balaban J connectivity index is 1.29. The van der Waals surface area contributed by atoms with E-state index in [0.717, 1.165) is 12.3 Å². The number of alkyl halides is 3. The van der Waals surface area contributed by atoms with Gasteiger partial charge in [-0.3, -0.25) is 15.0 Å². The first-order chi connectivity index (χ1) is 16.7. The summed E-state index contributed by atoms with van der Waals surface area (Å²) < 4.78 is 49.3. The molecule has 35 heavy (non-hydrogen) atoms. The molecule has 0 radical (unpaired) electrons. The normalized spacial score (nSPS) is 17.3. The fraction of sp³-hybridized carbons (Fsp3) is 0.435. The number of urea groups is 1. The van der Waals surface area contributed by atoms with Crippen LogP contribution in [0.5, 0.6) is 11.5 Å². The Labute approximate surface area is 200 Å². The molecule has 1 unspecified atom stereocenters. The van der Waals surface area contributed by atoms with Gasteiger partial charge >= 0.3 is 12.2 Å². The number of hydrogen-bond donors (Lipinski definition) is 2. The van der Waals surface area contributed by atoms with Crippen LogP contribution in [0.25, 0.3) is 0 Å². The highest BCUT2D eigenvalue weighted by atomic mass is 19.4. The van der Waals surface area contributed by atoms with Gasteiger partial charge in [0.1, 0.15) is 19.0 Å². The van der Waals surface area contributed by atoms with E-state index in [-0.39, 0.29) is 0 Å². The van der Waals surface area contributed by atoms with Gasteiger partial charge in [0.05, 0.1) is 11.6 Å². The number of nitrogens with zero attached hydrogens (tertiary/aromatic N) is 3. The van der Waals surface area contributed by atoms with Crippen LogP contribution in [0.1, 0.15) is 18.9 Å². The molecule has 2 aliphatic heterocycles. The summed E-state index contributed by atoms with van der Waals surface area (Å²) in [6, 6.07) is 6.09. The molecule has 0 bridgehead atoms. The topological polar surface area (TPSA) is 96.0 Å². The zero-order chi connectivity index (χ0) is 25.0. The second-order valence-corrected chi connectivity index (χ2v) is 8.26. The Morgan fingerprint density at radius 2 is 1.80 bits per heavy atom. The lowest BCUT2D eigenvalue weighted by atomic mass is 10.2. The lowest BCUT2D eigenvalue weighted by molar-refractivity contribution is -0.137. The highest BCUT2D eigenvalue weighted by Gasteiger charge is 2.31. The minimum absolute atomic E-state index is 0.418. The number of hydrogen-bond acceptors (Lipinski definition) is 7. The number of nitrogens with one attached hydrogen (secondary N) is 2. The van der Waals surface area contributed by atoms with E-state index in [1.807, 2.05) is 9.80 Å². The molecule has 0 saturated carbocycles. The van der Waals surface area contributed by atoms with Crippen LogP contribution >= 0.6 is 0 Å². The monoisotopic (exact) mass is 493 g/mol. The van der Waals surface area contributed by atoms with E-state index in [1.54, 1.807) is 25.1 Å². The zero-order valence-corrected chi connectivity index (χ0v) is 19.1. The Hall–Kier alpha value is -3.54. The highest BCUT2D eigenvalue weighted by molar-refractivity contribution is 6.02. The smallest absolute Gasteiger partial charge is 0.417 e. The molecule has 2 aliphatic rings. The van der Waals surface area contributed by atoms with Gasteiger partial charge in [0, 0.05) is 44.1 Å². The molecule has 1 atom stereocenters. The van der Waals surface area contributed by atoms with E-state index in [4.69, 9.17) is 9.47 Å². The summed E-state index contributed by atoms with van der Waals surface area (Å²) >= 11 is 0. The van der Waals surface area contributed by atoms with Gasteiger partial charge in [0.15, 0.2) is 11.5 Å². The van der Waals surface area contributed by atoms with Gasteiger partial charge < -0.3 is 19.7 Å². The van der Waals surface area contributed by atoms with Crippen molar-refractivity contribution in [3.8, 4) is 11.5 Å². The summed E-state index contributed by atoms with van der Waals surface area (Å²) in [5, 5.41) is 4.97. The number of rotatable bonds is 4. The molecular formula is C23H26F3N5O4. The number of benzene rings is 1. The first-order valence-electron chi connectivity index (χ1n) is 11.2. The van der Waals surface area contributed by atoms with Gasteiger partial charge in [-0.1, -0.05) is 0 Å². The zero-order valence-electron chi connectivity index (χ0n) is 19.1. The van der Waals surface area contributed by atoms with Gasteiger partial charge in [0.25, 0.3) is 0 Å². The average molecular weight is 493 g/mol. The fourth-order valence-corrected chi connectivity index (χ4v) is 3.96. The van der Waals surface area contributed by atoms with Crippen molar-refractivity contribution >= 4 is 23.4 Å². The molecule has 3 heterocycles. The lowest BCUT2D eigenvalue weighted by Gasteiger charge is -2.27. The second kappa shape index (κ2) is 10.4. The van der Waals surface area contributed by atoms with Crippen LogP contribution in [-0.4, -0.2) is 67.3 Å². The first kappa shape index (κ1) is 24.6. The van der Waals surface area contributed by atoms with Crippen molar-refractivity contribution in [3.63, 3.8) is 0 Å². The van der Waals surface area contributed by atoms with Crippen molar-refractivity contribution < 1.29 is 32.2 Å². The number of carbonyl (C=O) groups excluding carboxylic acids is 2. The highest BCUT2D eigenvalue weighted by Crippen LogP contribution is 2.32. The molecule has 2 N–H and O–H groups in total. The molecule has 0 spiro atoms. The van der Waals surface area contributed by atoms with Crippen LogP contribution in [0.15, 0.2) is 36.5 Å². The maximum atomic E-state index is 12.8. The summed E-state index contributed by atoms with van der Waals surface area (Å²) in [7, 11) is 0. The number of fused-ring (bicyclic) bond motifs is 1. The number of carbonyl (C=O) groups is 2. The molecule has 188 valence electrons. The molecule has 12 heteroatoms. The van der Waals surface area contributed by atoms with Crippen LogP contribution in [0.2, 0.25) is 0 Å². The molecule has 1 aromatic carbocycles. The van der Waals surface area contributed by atoms with Gasteiger partial charge in [-0.05, 0) is 37.6 Å². The molecule has 1 aromatic heterocycles. The lowest BCUT2D eigenvalue weighted by Crippen LogP contribution is -2.49. The van der Waals surface area contributed by atoms with Gasteiger partial charge in [-0.15, -0.1) is 0 Å². The van der Waals surface area contributed by atoms with E-state index in [1.165, 1.54) is 6.07 Å². The number of pyridine rings is 1. The van der Waals surface area contributed by atoms with Crippen LogP contribution in [-0.2, 0) is 11.0 Å². The predicted molar refractivity (Wildman–Crippen MR) is 122 cm³/mol. The van der Waals surface area contributed by atoms with E-state index < -0.39 is 29.7 Å². The molecular weight excluding hydrogens is 467 g/mol. The minimum Gasteiger partial charge on any atom is -0.486 e. The van der Waals surface area contributed by atoms with Crippen LogP contribution in [0, 0.1) is 0 Å². The summed E-state index contributed by atoms with van der Waals surface area (Å²) in [6.45, 7) is 4.74. The quantitative estimate of drug-likeness (QED) is 0.676. The van der Waals surface area contributed by atoms with Gasteiger partial charge in [-0.2, -0.15) is 13.2 Å². The summed E-state index contributed by atoms with van der Waals surface area (Å²) in [4.78, 5) is 32.8. The van der Waals surface area contributed by atoms with Crippen LogP contribution in [0.3, 0.4) is 0 Å². The summed E-state index contributed by atoms with van der Waals surface area (Å²) in [5.74, 6) is 1.11. The Morgan fingerprint density at radius 1 is 1.03 bits per heavy atom. The third-order valence-corrected chi connectivity index (χ3v) is 5.89. The Morgan fingerprint density at radius 3 is 2.51 bits per heavy atom. The van der Waals surface area contributed by atoms with Crippen molar-refractivity contribution in [3.05, 3.63) is 42.1 Å². The first-order valence-corrected chi connectivity index (χ1v) is 11.2. The number of ether oxygens (including phenoxy) is 2. The van der Waals surface area contributed by atoms with E-state index >= 15 is 0 Å². The largest absolute Gasteiger partial charge is 0.486 e. The second-order valence-electron chi connectivity index (χ2n) is 8.26. The SMILES string of the molecule is CC(C(=O)NC(=O)Nc1ccc2c(c1)OCCO2)N1CCCN(c2ccc(C(F)(F)F)cn2)CC1. The minimum atomic E-state index is -4.43. The average Bonchev–Trinajstić information content (AvgIpc) is 3.09. The summed E-state index contributed by atoms with van der Waals surface area (Å²) in [5.41, 5.74) is -0.334. The number of amides is 3. The fourth-order valence-electron chi connectivity index (χ4n) is 3.96. The van der Waals surface area contributed by atoms with Crippen molar-refractivity contribution in [2.75, 3.05) is 49.6 Å². The number of imide groups is 1. The van der Waals surface area contributed by atoms with Crippen molar-refractivity contribution in [2.24, 2.45) is 0 Å². The molecule has 2 aromatic rings. The predicted octanol–water partition coefficient (Wildman–Crippen LogP) is 3.12. The molecule has 1 fully saturated rings. The van der Waals surface area contributed by atoms with Crippen molar-refractivity contribution in [2.45, 2.75) is 25.6 Å². The van der Waals surface area contributed by atoms with E-state index in [0.29, 0.717) is 68.8 Å². The van der Waals surface area contributed by atoms with E-state index in [2.05, 4.69) is 15.6 Å². The third kappa shape index (κ3) is 6.13.